The van der Waals surface area contributed by atoms with Gasteiger partial charge in [-0.15, -0.1) is 0 Å². The Morgan fingerprint density at radius 3 is 2.45 bits per heavy atom. The molecule has 0 radical (unpaired) electrons. The maximum absolute atomic E-state index is 13.2. The molecule has 3 aromatic rings. The lowest BCUT2D eigenvalue weighted by Gasteiger charge is -2.39. The van der Waals surface area contributed by atoms with Crippen LogP contribution >= 0.6 is 22.6 Å². The summed E-state index contributed by atoms with van der Waals surface area (Å²) >= 11 is 2.51. The molecule has 3 heterocycles. The average Bonchev–Trinajstić information content (AvgIpc) is 3.12. The molecule has 5 nitrogen and oxygen atoms in total. The second kappa shape index (κ2) is 9.74. The summed E-state index contributed by atoms with van der Waals surface area (Å²) in [6, 6.07) is 11.1. The van der Waals surface area contributed by atoms with Crippen LogP contribution in [0.1, 0.15) is 73.8 Å². The number of likely N-dealkylation sites (tertiary alicyclic amines) is 1. The smallest absolute Gasteiger partial charge is 0.251 e. The maximum Gasteiger partial charge on any atom is 0.251 e. The number of rotatable bonds is 5. The minimum absolute atomic E-state index is 0.0246. The molecule has 2 N–H and O–H groups in total. The summed E-state index contributed by atoms with van der Waals surface area (Å²) < 4.78 is 0.455. The average molecular weight is 559 g/mol. The Bertz CT molecular complexity index is 1150. The van der Waals surface area contributed by atoms with Gasteiger partial charge in [-0.25, -0.2) is 0 Å². The van der Waals surface area contributed by atoms with Crippen molar-refractivity contribution in [3.8, 4) is 11.3 Å². The Kier molecular flexibility index (Phi) is 7.15. The number of benzene rings is 1. The van der Waals surface area contributed by atoms with Gasteiger partial charge in [0.05, 0.1) is 9.74 Å². The van der Waals surface area contributed by atoms with E-state index in [0.717, 1.165) is 58.5 Å². The van der Waals surface area contributed by atoms with E-state index in [1.807, 2.05) is 26.0 Å². The van der Waals surface area contributed by atoms with E-state index >= 15 is 0 Å². The van der Waals surface area contributed by atoms with Crippen LogP contribution in [-0.2, 0) is 0 Å². The highest BCUT2D eigenvalue weighted by atomic mass is 127. The number of carbonyl (C=O) groups is 1. The second-order valence-corrected chi connectivity index (χ2v) is 11.4. The standard InChI is InChI=1S/C27H35IN4O/c1-15(2)25-22-13-19(27(33)30-21-9-10-32(16(3)4)24(28)14-21)7-8-23(22)31-26(25)20-11-17(5)29-18(6)12-20/h7-8,11-13,15-16,21,24,31H,9-10,14H2,1-6H3,(H,30,33). The number of aromatic amines is 1. The fourth-order valence-electron chi connectivity index (χ4n) is 5.07. The highest BCUT2D eigenvalue weighted by molar-refractivity contribution is 14.1. The molecule has 2 unspecified atom stereocenters. The van der Waals surface area contributed by atoms with E-state index in [9.17, 15) is 4.79 Å². The molecule has 33 heavy (non-hydrogen) atoms. The fourth-order valence-corrected chi connectivity index (χ4v) is 6.61. The highest BCUT2D eigenvalue weighted by Crippen LogP contribution is 2.36. The molecule has 1 saturated heterocycles. The third-order valence-electron chi connectivity index (χ3n) is 6.62. The summed E-state index contributed by atoms with van der Waals surface area (Å²) in [4.78, 5) is 23.8. The topological polar surface area (TPSA) is 61.0 Å². The predicted molar refractivity (Wildman–Crippen MR) is 145 cm³/mol. The highest BCUT2D eigenvalue weighted by Gasteiger charge is 2.29. The van der Waals surface area contributed by atoms with E-state index in [1.54, 1.807) is 0 Å². The summed E-state index contributed by atoms with van der Waals surface area (Å²) in [5.74, 6) is 0.345. The van der Waals surface area contributed by atoms with Gasteiger partial charge in [-0.2, -0.15) is 0 Å². The summed E-state index contributed by atoms with van der Waals surface area (Å²) in [5, 5.41) is 4.43. The lowest BCUT2D eigenvalue weighted by atomic mass is 9.95. The number of aromatic nitrogens is 2. The number of hydrogen-bond donors (Lipinski definition) is 2. The zero-order valence-corrected chi connectivity index (χ0v) is 22.7. The number of nitrogens with zero attached hydrogens (tertiary/aromatic N) is 2. The molecule has 0 saturated carbocycles. The Labute approximate surface area is 210 Å². The summed E-state index contributed by atoms with van der Waals surface area (Å²) in [5.41, 5.74) is 7.34. The van der Waals surface area contributed by atoms with Crippen LogP contribution in [0, 0.1) is 13.8 Å². The number of nitrogens with one attached hydrogen (secondary N) is 2. The van der Waals surface area contributed by atoms with Gasteiger partial charge in [0.25, 0.3) is 5.91 Å². The van der Waals surface area contributed by atoms with Gasteiger partial charge in [0.15, 0.2) is 0 Å². The van der Waals surface area contributed by atoms with Crippen LogP contribution in [0.3, 0.4) is 0 Å². The van der Waals surface area contributed by atoms with Crippen LogP contribution in [0.15, 0.2) is 30.3 Å². The van der Waals surface area contributed by atoms with E-state index in [0.29, 0.717) is 16.0 Å². The third kappa shape index (κ3) is 5.11. The van der Waals surface area contributed by atoms with Gasteiger partial charge in [-0.05, 0) is 82.3 Å². The molecule has 1 amide bonds. The van der Waals surface area contributed by atoms with Gasteiger partial charge in [0, 0.05) is 52.0 Å². The minimum atomic E-state index is 0.0246. The van der Waals surface area contributed by atoms with Gasteiger partial charge in [0.1, 0.15) is 0 Å². The fraction of sp³-hybridized carbons (Fsp3) is 0.481. The van der Waals surface area contributed by atoms with Crippen molar-refractivity contribution in [1.29, 1.82) is 0 Å². The molecular formula is C27H35IN4O. The first-order valence-corrected chi connectivity index (χ1v) is 13.2. The van der Waals surface area contributed by atoms with Crippen LogP contribution in [0.4, 0.5) is 0 Å². The van der Waals surface area contributed by atoms with Crippen LogP contribution in [0.5, 0.6) is 0 Å². The molecule has 1 aromatic carbocycles. The molecule has 2 aromatic heterocycles. The molecule has 1 aliphatic rings. The van der Waals surface area contributed by atoms with Crippen molar-refractivity contribution in [3.63, 3.8) is 0 Å². The van der Waals surface area contributed by atoms with Crippen LogP contribution in [0.2, 0.25) is 0 Å². The minimum Gasteiger partial charge on any atom is -0.354 e. The van der Waals surface area contributed by atoms with Crippen molar-refractivity contribution < 1.29 is 4.79 Å². The van der Waals surface area contributed by atoms with Crippen molar-refractivity contribution in [2.75, 3.05) is 6.54 Å². The van der Waals surface area contributed by atoms with Gasteiger partial charge < -0.3 is 10.3 Å². The van der Waals surface area contributed by atoms with Gasteiger partial charge in [-0.1, -0.05) is 36.4 Å². The number of H-pyrrole nitrogens is 1. The van der Waals surface area contributed by atoms with E-state index < -0.39 is 0 Å². The van der Waals surface area contributed by atoms with Crippen molar-refractivity contribution in [3.05, 3.63) is 52.8 Å². The van der Waals surface area contributed by atoms with Gasteiger partial charge in [0.2, 0.25) is 0 Å². The quantitative estimate of drug-likeness (QED) is 0.219. The third-order valence-corrected chi connectivity index (χ3v) is 7.85. The number of hydrogen-bond acceptors (Lipinski definition) is 3. The summed E-state index contributed by atoms with van der Waals surface area (Å²) in [6.07, 6.45) is 1.98. The molecule has 1 aliphatic heterocycles. The zero-order valence-electron chi connectivity index (χ0n) is 20.5. The monoisotopic (exact) mass is 558 g/mol. The number of amides is 1. The number of carbonyl (C=O) groups excluding carboxylic acids is 1. The molecule has 0 bridgehead atoms. The van der Waals surface area contributed by atoms with Crippen molar-refractivity contribution in [1.82, 2.24) is 20.2 Å². The Morgan fingerprint density at radius 1 is 1.15 bits per heavy atom. The van der Waals surface area contributed by atoms with Gasteiger partial charge in [-0.3, -0.25) is 14.7 Å². The number of halogens is 1. The normalized spacial score (nSPS) is 19.5. The molecule has 2 atom stereocenters. The molecule has 176 valence electrons. The molecule has 0 aliphatic carbocycles. The summed E-state index contributed by atoms with van der Waals surface area (Å²) in [6.45, 7) is 14.0. The Hall–Kier alpha value is -1.93. The van der Waals surface area contributed by atoms with Crippen LogP contribution in [-0.4, -0.2) is 43.5 Å². The number of fused-ring (bicyclic) bond motifs is 1. The van der Waals surface area contributed by atoms with Crippen molar-refractivity contribution >= 4 is 39.4 Å². The maximum atomic E-state index is 13.2. The number of aryl methyl sites for hydroxylation is 2. The van der Waals surface area contributed by atoms with E-state index in [-0.39, 0.29) is 11.9 Å². The number of piperidine rings is 1. The number of alkyl halides is 1. The second-order valence-electron chi connectivity index (χ2n) is 9.93. The van der Waals surface area contributed by atoms with Crippen molar-refractivity contribution in [2.45, 2.75) is 76.4 Å². The lowest BCUT2D eigenvalue weighted by molar-refractivity contribution is 0.0894. The summed E-state index contributed by atoms with van der Waals surface area (Å²) in [7, 11) is 0. The molecule has 4 rings (SSSR count). The predicted octanol–water partition coefficient (Wildman–Crippen LogP) is 6.33. The molecule has 0 spiro atoms. The molecule has 6 heteroatoms. The first-order valence-electron chi connectivity index (χ1n) is 12.0. The zero-order chi connectivity index (χ0) is 23.9. The van der Waals surface area contributed by atoms with Crippen LogP contribution < -0.4 is 5.32 Å². The Balaban J connectivity index is 1.62. The van der Waals surface area contributed by atoms with E-state index in [2.05, 4.69) is 88.7 Å². The first kappa shape index (κ1) is 24.2. The lowest BCUT2D eigenvalue weighted by Crippen LogP contribution is -2.49. The largest absolute Gasteiger partial charge is 0.354 e. The van der Waals surface area contributed by atoms with Gasteiger partial charge >= 0.3 is 0 Å². The van der Waals surface area contributed by atoms with E-state index in [1.165, 1.54) is 5.56 Å². The first-order chi connectivity index (χ1) is 15.6. The van der Waals surface area contributed by atoms with Crippen molar-refractivity contribution in [2.24, 2.45) is 0 Å². The van der Waals surface area contributed by atoms with Crippen LogP contribution in [0.25, 0.3) is 22.2 Å². The molecule has 1 fully saturated rings. The SMILES string of the molecule is Cc1cc(-c2[nH]c3ccc(C(=O)NC4CCN(C(C)C)C(I)C4)cc3c2C(C)C)cc(C)n1. The number of pyridine rings is 1. The Morgan fingerprint density at radius 2 is 1.85 bits per heavy atom. The molecular weight excluding hydrogens is 523 g/mol. The van der Waals surface area contributed by atoms with E-state index in [4.69, 9.17) is 0 Å².